The maximum Gasteiger partial charge on any atom is 0.416 e. The van der Waals surface area contributed by atoms with Gasteiger partial charge in [0, 0.05) is 22.5 Å². The molecule has 1 aliphatic rings. The number of aromatic nitrogens is 1. The zero-order chi connectivity index (χ0) is 20.4. The average molecular weight is 418 g/mol. The summed E-state index contributed by atoms with van der Waals surface area (Å²) < 4.78 is 44.9. The predicted molar refractivity (Wildman–Crippen MR) is 104 cm³/mol. The van der Waals surface area contributed by atoms with Gasteiger partial charge in [-0.15, -0.1) is 11.3 Å². The molecule has 4 nitrogen and oxygen atoms in total. The van der Waals surface area contributed by atoms with Crippen LogP contribution in [0.15, 0.2) is 53.9 Å². The number of alkyl halides is 3. The molecule has 1 aliphatic carbocycles. The van der Waals surface area contributed by atoms with Crippen molar-refractivity contribution in [2.75, 3.05) is 0 Å². The third-order valence-electron chi connectivity index (χ3n) is 4.45. The molecule has 1 heterocycles. The molecule has 1 saturated carbocycles. The first-order chi connectivity index (χ1) is 13.9. The minimum atomic E-state index is -4.43. The van der Waals surface area contributed by atoms with Crippen LogP contribution < -0.4 is 10.1 Å². The zero-order valence-electron chi connectivity index (χ0n) is 15.2. The molecule has 29 heavy (non-hydrogen) atoms. The first-order valence-corrected chi connectivity index (χ1v) is 9.93. The average Bonchev–Trinajstić information content (AvgIpc) is 3.37. The van der Waals surface area contributed by atoms with E-state index >= 15 is 0 Å². The van der Waals surface area contributed by atoms with Gasteiger partial charge in [0.15, 0.2) is 0 Å². The number of nitrogens with one attached hydrogen (secondary N) is 1. The third-order valence-corrected chi connectivity index (χ3v) is 5.34. The van der Waals surface area contributed by atoms with Gasteiger partial charge in [-0.1, -0.05) is 30.3 Å². The highest BCUT2D eigenvalue weighted by molar-refractivity contribution is 7.13. The van der Waals surface area contributed by atoms with E-state index in [1.54, 1.807) is 29.6 Å². The van der Waals surface area contributed by atoms with Gasteiger partial charge < -0.3 is 10.1 Å². The van der Waals surface area contributed by atoms with Crippen molar-refractivity contribution in [1.29, 1.82) is 0 Å². The number of thiazole rings is 1. The Morgan fingerprint density at radius 2 is 1.97 bits per heavy atom. The van der Waals surface area contributed by atoms with Crippen molar-refractivity contribution in [3.05, 3.63) is 70.7 Å². The van der Waals surface area contributed by atoms with E-state index in [-0.39, 0.29) is 24.1 Å². The lowest BCUT2D eigenvalue weighted by atomic mass is 10.1. The molecule has 1 fully saturated rings. The Bertz CT molecular complexity index is 1030. The van der Waals surface area contributed by atoms with E-state index in [2.05, 4.69) is 10.3 Å². The number of nitrogens with zero attached hydrogens (tertiary/aromatic N) is 1. The number of hydrogen-bond acceptors (Lipinski definition) is 4. The Balaban J connectivity index is 1.47. The van der Waals surface area contributed by atoms with Crippen LogP contribution in [0.4, 0.5) is 13.2 Å². The maximum absolute atomic E-state index is 13.1. The Kier molecular flexibility index (Phi) is 5.27. The van der Waals surface area contributed by atoms with Gasteiger partial charge in [0.05, 0.1) is 5.56 Å². The largest absolute Gasteiger partial charge is 0.489 e. The topological polar surface area (TPSA) is 51.2 Å². The highest BCUT2D eigenvalue weighted by Crippen LogP contribution is 2.33. The number of amides is 1. The standard InChI is InChI=1S/C21H17F3N2O2S/c22-21(23,24)17-7-2-1-4-14(17)11-28-16-6-3-5-13(10-16)20-26-18(12-29-20)19(27)25-15-8-9-15/h1-7,10,12,15H,8-9,11H2,(H,25,27). The fraction of sp³-hybridized carbons (Fsp3) is 0.238. The van der Waals surface area contributed by atoms with Crippen LogP contribution >= 0.6 is 11.3 Å². The van der Waals surface area contributed by atoms with E-state index in [4.69, 9.17) is 4.74 Å². The van der Waals surface area contributed by atoms with Crippen molar-refractivity contribution < 1.29 is 22.7 Å². The molecule has 0 bridgehead atoms. The fourth-order valence-corrected chi connectivity index (χ4v) is 3.60. The molecular formula is C21H17F3N2O2S. The number of ether oxygens (including phenoxy) is 1. The molecule has 0 saturated heterocycles. The van der Waals surface area contributed by atoms with E-state index in [0.29, 0.717) is 16.5 Å². The molecule has 0 atom stereocenters. The summed E-state index contributed by atoms with van der Waals surface area (Å²) in [5.74, 6) is 0.241. The summed E-state index contributed by atoms with van der Waals surface area (Å²) in [4.78, 5) is 16.5. The second-order valence-corrected chi connectivity index (χ2v) is 7.62. The van der Waals surface area contributed by atoms with Gasteiger partial charge in [0.25, 0.3) is 5.91 Å². The highest BCUT2D eigenvalue weighted by Gasteiger charge is 2.33. The molecule has 8 heteroatoms. The predicted octanol–water partition coefficient (Wildman–Crippen LogP) is 5.30. The van der Waals surface area contributed by atoms with Crippen LogP contribution in [0.1, 0.15) is 34.5 Å². The molecule has 1 amide bonds. The molecule has 0 radical (unpaired) electrons. The van der Waals surface area contributed by atoms with E-state index in [1.165, 1.54) is 23.5 Å². The van der Waals surface area contributed by atoms with Crippen LogP contribution in [0.25, 0.3) is 10.6 Å². The molecular weight excluding hydrogens is 401 g/mol. The molecule has 2 aromatic carbocycles. The maximum atomic E-state index is 13.1. The number of carbonyl (C=O) groups excluding carboxylic acids is 1. The lowest BCUT2D eigenvalue weighted by Crippen LogP contribution is -2.25. The first-order valence-electron chi connectivity index (χ1n) is 9.05. The minimum Gasteiger partial charge on any atom is -0.489 e. The van der Waals surface area contributed by atoms with Gasteiger partial charge in [-0.05, 0) is 31.0 Å². The molecule has 1 N–H and O–H groups in total. The lowest BCUT2D eigenvalue weighted by molar-refractivity contribution is -0.138. The monoisotopic (exact) mass is 418 g/mol. The van der Waals surface area contributed by atoms with E-state index in [1.807, 2.05) is 6.07 Å². The molecule has 4 rings (SSSR count). The number of halogens is 3. The van der Waals surface area contributed by atoms with Crippen molar-refractivity contribution in [3.8, 4) is 16.3 Å². The van der Waals surface area contributed by atoms with Gasteiger partial charge >= 0.3 is 6.18 Å². The zero-order valence-corrected chi connectivity index (χ0v) is 16.0. The van der Waals surface area contributed by atoms with E-state index < -0.39 is 11.7 Å². The normalized spacial score (nSPS) is 13.9. The van der Waals surface area contributed by atoms with Crippen molar-refractivity contribution >= 4 is 17.2 Å². The number of rotatable bonds is 6. The summed E-state index contributed by atoms with van der Waals surface area (Å²) in [6.07, 6.45) is -2.43. The van der Waals surface area contributed by atoms with Crippen LogP contribution in [-0.4, -0.2) is 16.9 Å². The second kappa shape index (κ2) is 7.87. The van der Waals surface area contributed by atoms with Crippen LogP contribution in [0.3, 0.4) is 0 Å². The van der Waals surface area contributed by atoms with Crippen LogP contribution in [0, 0.1) is 0 Å². The summed E-state index contributed by atoms with van der Waals surface area (Å²) >= 11 is 1.33. The van der Waals surface area contributed by atoms with Crippen LogP contribution in [-0.2, 0) is 12.8 Å². The van der Waals surface area contributed by atoms with Crippen LogP contribution in [0.5, 0.6) is 5.75 Å². The van der Waals surface area contributed by atoms with Crippen molar-refractivity contribution in [1.82, 2.24) is 10.3 Å². The van der Waals surface area contributed by atoms with Crippen molar-refractivity contribution in [3.63, 3.8) is 0 Å². The van der Waals surface area contributed by atoms with E-state index in [9.17, 15) is 18.0 Å². The number of benzene rings is 2. The smallest absolute Gasteiger partial charge is 0.416 e. The molecule has 0 aliphatic heterocycles. The number of hydrogen-bond donors (Lipinski definition) is 1. The molecule has 1 aromatic heterocycles. The number of carbonyl (C=O) groups is 1. The second-order valence-electron chi connectivity index (χ2n) is 6.76. The van der Waals surface area contributed by atoms with Crippen molar-refractivity contribution in [2.45, 2.75) is 31.7 Å². The summed E-state index contributed by atoms with van der Waals surface area (Å²) in [6, 6.07) is 12.5. The first kappa shape index (κ1) is 19.4. The highest BCUT2D eigenvalue weighted by atomic mass is 32.1. The quantitative estimate of drug-likeness (QED) is 0.591. The summed E-state index contributed by atoms with van der Waals surface area (Å²) in [5, 5.41) is 5.23. The van der Waals surface area contributed by atoms with Gasteiger partial charge in [-0.25, -0.2) is 4.98 Å². The SMILES string of the molecule is O=C(NC1CC1)c1csc(-c2cccc(OCc3ccccc3C(F)(F)F)c2)n1. The Morgan fingerprint density at radius 3 is 2.72 bits per heavy atom. The van der Waals surface area contributed by atoms with Gasteiger partial charge in [-0.3, -0.25) is 4.79 Å². The Hall–Kier alpha value is -2.87. The fourth-order valence-electron chi connectivity index (χ4n) is 2.80. The van der Waals surface area contributed by atoms with Gasteiger partial charge in [-0.2, -0.15) is 13.2 Å². The summed E-state index contributed by atoms with van der Waals surface area (Å²) in [6.45, 7) is -0.202. The van der Waals surface area contributed by atoms with E-state index in [0.717, 1.165) is 24.5 Å². The Labute approximate surface area is 169 Å². The molecule has 0 unspecified atom stereocenters. The van der Waals surface area contributed by atoms with Crippen LogP contribution in [0.2, 0.25) is 0 Å². The summed E-state index contributed by atoms with van der Waals surface area (Å²) in [5.41, 5.74) is 0.463. The Morgan fingerprint density at radius 1 is 1.17 bits per heavy atom. The lowest BCUT2D eigenvalue weighted by Gasteiger charge is -2.13. The third kappa shape index (κ3) is 4.76. The molecule has 0 spiro atoms. The molecule has 150 valence electrons. The minimum absolute atomic E-state index is 0.0682. The van der Waals surface area contributed by atoms with Gasteiger partial charge in [0.1, 0.15) is 23.1 Å². The van der Waals surface area contributed by atoms with Crippen molar-refractivity contribution in [2.24, 2.45) is 0 Å². The molecule has 3 aromatic rings. The van der Waals surface area contributed by atoms with Gasteiger partial charge in [0.2, 0.25) is 0 Å². The summed E-state index contributed by atoms with van der Waals surface area (Å²) in [7, 11) is 0.